The molecule has 2 aromatic carbocycles. The maximum Gasteiger partial charge on any atom is 0.252 e. The first-order valence-electron chi connectivity index (χ1n) is 10.2. The standard InChI is InChI=1S/C23H19N9O4/c24-22(35)14-6-4-12(8-20(14)33)27-10-18(29-26)16-2-1-3-17(28-16)19-11-32(31-30-19)13-5-7-15(23(25)36)21(34)9-13/h1-11,33-34H,26H2,(H2,24,35)(H2,25,36). The summed E-state index contributed by atoms with van der Waals surface area (Å²) in [5.74, 6) is 3.45. The van der Waals surface area contributed by atoms with Crippen LogP contribution in [0.1, 0.15) is 26.4 Å². The number of nitrogens with zero attached hydrogens (tertiary/aromatic N) is 6. The molecule has 0 unspecified atom stereocenters. The second kappa shape index (κ2) is 9.72. The van der Waals surface area contributed by atoms with Crippen molar-refractivity contribution in [1.29, 1.82) is 0 Å². The summed E-state index contributed by atoms with van der Waals surface area (Å²) in [5, 5.41) is 31.8. The molecule has 8 N–H and O–H groups in total. The van der Waals surface area contributed by atoms with Gasteiger partial charge in [0.1, 0.15) is 22.9 Å². The first-order valence-corrected chi connectivity index (χ1v) is 10.2. The number of hydrazone groups is 1. The number of aliphatic imine (C=N–C) groups is 1. The van der Waals surface area contributed by atoms with Crippen molar-refractivity contribution in [3.63, 3.8) is 0 Å². The molecule has 4 rings (SSSR count). The van der Waals surface area contributed by atoms with E-state index in [0.29, 0.717) is 28.5 Å². The Balaban J connectivity index is 1.58. The Morgan fingerprint density at radius 1 is 0.917 bits per heavy atom. The van der Waals surface area contributed by atoms with Crippen molar-refractivity contribution >= 4 is 29.4 Å². The van der Waals surface area contributed by atoms with Crippen molar-refractivity contribution < 1.29 is 19.8 Å². The van der Waals surface area contributed by atoms with Gasteiger partial charge in [-0.1, -0.05) is 11.3 Å². The number of carbonyl (C=O) groups is 2. The number of phenols is 2. The summed E-state index contributed by atoms with van der Waals surface area (Å²) in [7, 11) is 0. The van der Waals surface area contributed by atoms with Gasteiger partial charge in [-0.15, -0.1) is 5.10 Å². The van der Waals surface area contributed by atoms with E-state index >= 15 is 0 Å². The van der Waals surface area contributed by atoms with Crippen molar-refractivity contribution in [2.24, 2.45) is 27.4 Å². The average molecular weight is 485 g/mol. The lowest BCUT2D eigenvalue weighted by Crippen LogP contribution is -2.11. The summed E-state index contributed by atoms with van der Waals surface area (Å²) in [6.07, 6.45) is 2.94. The fourth-order valence-corrected chi connectivity index (χ4v) is 3.21. The molecule has 2 heterocycles. The summed E-state index contributed by atoms with van der Waals surface area (Å²) in [6, 6.07) is 13.5. The zero-order valence-corrected chi connectivity index (χ0v) is 18.5. The molecule has 0 fully saturated rings. The predicted molar refractivity (Wildman–Crippen MR) is 130 cm³/mol. The van der Waals surface area contributed by atoms with E-state index in [9.17, 15) is 19.8 Å². The maximum absolute atomic E-state index is 11.3. The summed E-state index contributed by atoms with van der Waals surface area (Å²) in [5.41, 5.74) is 12.6. The van der Waals surface area contributed by atoms with Crippen LogP contribution in [0.3, 0.4) is 0 Å². The van der Waals surface area contributed by atoms with E-state index in [1.54, 1.807) is 30.5 Å². The largest absolute Gasteiger partial charge is 0.507 e. The van der Waals surface area contributed by atoms with Crippen molar-refractivity contribution in [2.45, 2.75) is 0 Å². The van der Waals surface area contributed by atoms with Crippen LogP contribution in [0, 0.1) is 0 Å². The number of amides is 2. The average Bonchev–Trinajstić information content (AvgIpc) is 3.35. The third-order valence-electron chi connectivity index (χ3n) is 5.00. The van der Waals surface area contributed by atoms with Gasteiger partial charge in [-0.25, -0.2) is 9.67 Å². The molecule has 2 amide bonds. The predicted octanol–water partition coefficient (Wildman–Crippen LogP) is 1.00. The third kappa shape index (κ3) is 4.84. The number of hydrogen-bond acceptors (Lipinski definition) is 10. The maximum atomic E-state index is 11.3. The fourth-order valence-electron chi connectivity index (χ4n) is 3.21. The molecule has 180 valence electrons. The van der Waals surface area contributed by atoms with Crippen LogP contribution in [0.5, 0.6) is 11.5 Å². The molecular weight excluding hydrogens is 466 g/mol. The van der Waals surface area contributed by atoms with E-state index in [1.807, 2.05) is 0 Å². The van der Waals surface area contributed by atoms with Crippen LogP contribution in [0.2, 0.25) is 0 Å². The van der Waals surface area contributed by atoms with Crippen LogP contribution < -0.4 is 17.3 Å². The molecule has 13 heteroatoms. The Bertz CT molecular complexity index is 1540. The van der Waals surface area contributed by atoms with Crippen LogP contribution in [0.4, 0.5) is 5.69 Å². The summed E-state index contributed by atoms with van der Waals surface area (Å²) in [6.45, 7) is 0. The highest BCUT2D eigenvalue weighted by Crippen LogP contribution is 2.24. The minimum Gasteiger partial charge on any atom is -0.507 e. The fraction of sp³-hybridized carbons (Fsp3) is 0. The van der Waals surface area contributed by atoms with E-state index in [4.69, 9.17) is 17.3 Å². The molecule has 0 saturated carbocycles. The summed E-state index contributed by atoms with van der Waals surface area (Å²) < 4.78 is 1.40. The number of pyridine rings is 1. The van der Waals surface area contributed by atoms with E-state index < -0.39 is 11.8 Å². The molecule has 0 spiro atoms. The highest BCUT2D eigenvalue weighted by molar-refractivity contribution is 6.38. The van der Waals surface area contributed by atoms with E-state index in [1.165, 1.54) is 41.2 Å². The smallest absolute Gasteiger partial charge is 0.252 e. The van der Waals surface area contributed by atoms with E-state index in [0.717, 1.165) is 0 Å². The number of rotatable bonds is 7. The SMILES string of the molecule is NN=C(C=Nc1ccc(C(N)=O)c(O)c1)c1cccc(-c2cn(-c3ccc(C(N)=O)c(O)c3)nn2)n1. The Hall–Kier alpha value is -5.59. The second-order valence-corrected chi connectivity index (χ2v) is 7.36. The van der Waals surface area contributed by atoms with Gasteiger partial charge < -0.3 is 27.5 Å². The lowest BCUT2D eigenvalue weighted by atomic mass is 10.1. The Morgan fingerprint density at radius 2 is 1.61 bits per heavy atom. The lowest BCUT2D eigenvalue weighted by molar-refractivity contribution is 0.0989. The number of aromatic hydroxyl groups is 2. The molecule has 0 atom stereocenters. The summed E-state index contributed by atoms with van der Waals surface area (Å²) >= 11 is 0. The quantitative estimate of drug-likeness (QED) is 0.144. The topological polar surface area (TPSA) is 221 Å². The number of aromatic nitrogens is 4. The highest BCUT2D eigenvalue weighted by Gasteiger charge is 2.13. The number of carbonyl (C=O) groups excluding carboxylic acids is 2. The first-order chi connectivity index (χ1) is 17.3. The first kappa shape index (κ1) is 23.6. The molecule has 0 aliphatic heterocycles. The number of benzene rings is 2. The highest BCUT2D eigenvalue weighted by atomic mass is 16.3. The van der Waals surface area contributed by atoms with Gasteiger partial charge in [0.15, 0.2) is 0 Å². The molecule has 0 aliphatic carbocycles. The number of primary amides is 2. The Morgan fingerprint density at radius 3 is 2.25 bits per heavy atom. The second-order valence-electron chi connectivity index (χ2n) is 7.36. The van der Waals surface area contributed by atoms with Gasteiger partial charge in [0.05, 0.1) is 46.3 Å². The number of hydrogen-bond donors (Lipinski definition) is 5. The molecule has 13 nitrogen and oxygen atoms in total. The summed E-state index contributed by atoms with van der Waals surface area (Å²) in [4.78, 5) is 31.3. The lowest BCUT2D eigenvalue weighted by Gasteiger charge is -2.04. The van der Waals surface area contributed by atoms with Gasteiger partial charge in [-0.05, 0) is 36.4 Å². The van der Waals surface area contributed by atoms with Crippen LogP contribution in [-0.4, -0.2) is 53.9 Å². The molecular formula is C23H19N9O4. The zero-order chi connectivity index (χ0) is 25.8. The molecule has 0 saturated heterocycles. The van der Waals surface area contributed by atoms with Crippen LogP contribution in [0.15, 0.2) is 70.9 Å². The Kier molecular flexibility index (Phi) is 6.36. The van der Waals surface area contributed by atoms with Crippen LogP contribution in [0.25, 0.3) is 17.1 Å². The van der Waals surface area contributed by atoms with Crippen LogP contribution >= 0.6 is 0 Å². The minimum atomic E-state index is -0.760. The van der Waals surface area contributed by atoms with Gasteiger partial charge in [-0.3, -0.25) is 14.6 Å². The van der Waals surface area contributed by atoms with E-state index in [2.05, 4.69) is 25.4 Å². The minimum absolute atomic E-state index is 0.0113. The monoisotopic (exact) mass is 485 g/mol. The van der Waals surface area contributed by atoms with Gasteiger partial charge in [0.25, 0.3) is 11.8 Å². The van der Waals surface area contributed by atoms with Crippen molar-refractivity contribution in [3.05, 3.63) is 77.6 Å². The Labute approximate surface area is 203 Å². The van der Waals surface area contributed by atoms with E-state index in [-0.39, 0.29) is 28.3 Å². The number of nitrogens with two attached hydrogens (primary N) is 3. The van der Waals surface area contributed by atoms with Crippen molar-refractivity contribution in [1.82, 2.24) is 20.0 Å². The molecule has 4 aromatic rings. The van der Waals surface area contributed by atoms with Crippen molar-refractivity contribution in [2.75, 3.05) is 0 Å². The van der Waals surface area contributed by atoms with Gasteiger partial charge in [0, 0.05) is 12.1 Å². The van der Waals surface area contributed by atoms with Gasteiger partial charge >= 0.3 is 0 Å². The van der Waals surface area contributed by atoms with Crippen molar-refractivity contribution in [3.8, 4) is 28.6 Å². The third-order valence-corrected chi connectivity index (χ3v) is 5.00. The van der Waals surface area contributed by atoms with Gasteiger partial charge in [0.2, 0.25) is 0 Å². The molecule has 0 aliphatic rings. The molecule has 2 aromatic heterocycles. The molecule has 0 radical (unpaired) electrons. The van der Waals surface area contributed by atoms with Gasteiger partial charge in [-0.2, -0.15) is 5.10 Å². The zero-order valence-electron chi connectivity index (χ0n) is 18.5. The van der Waals surface area contributed by atoms with Crippen LogP contribution in [-0.2, 0) is 0 Å². The normalized spacial score (nSPS) is 11.6. The molecule has 36 heavy (non-hydrogen) atoms. The molecule has 0 bridgehead atoms.